The Morgan fingerprint density at radius 1 is 1.08 bits per heavy atom. The molecule has 6 nitrogen and oxygen atoms in total. The van der Waals surface area contributed by atoms with E-state index in [4.69, 9.17) is 0 Å². The minimum atomic E-state index is -3.30. The zero-order valence-electron chi connectivity index (χ0n) is 21.7. The van der Waals surface area contributed by atoms with Crippen LogP contribution in [0.1, 0.15) is 92.0 Å². The number of hydrogen-bond acceptors (Lipinski definition) is 5. The van der Waals surface area contributed by atoms with Gasteiger partial charge in [0.1, 0.15) is 0 Å². The van der Waals surface area contributed by atoms with Crippen LogP contribution in [0.2, 0.25) is 0 Å². The predicted molar refractivity (Wildman–Crippen MR) is 142 cm³/mol. The summed E-state index contributed by atoms with van der Waals surface area (Å²) in [6, 6.07) is 12.1. The van der Waals surface area contributed by atoms with Gasteiger partial charge in [-0.2, -0.15) is 0 Å². The molecule has 196 valence electrons. The second-order valence-corrected chi connectivity index (χ2v) is 12.9. The number of nitrogens with zero attached hydrogens (tertiary/aromatic N) is 1. The molecule has 4 rings (SSSR count). The van der Waals surface area contributed by atoms with Gasteiger partial charge in [0.15, 0.2) is 9.84 Å². The van der Waals surface area contributed by atoms with Crippen LogP contribution in [-0.4, -0.2) is 43.2 Å². The highest BCUT2D eigenvalue weighted by molar-refractivity contribution is 7.91. The van der Waals surface area contributed by atoms with Crippen LogP contribution in [0, 0.1) is 11.8 Å². The van der Waals surface area contributed by atoms with Crippen molar-refractivity contribution in [1.29, 1.82) is 0 Å². The van der Waals surface area contributed by atoms with E-state index in [1.165, 1.54) is 48.9 Å². The Hall–Kier alpha value is -2.22. The van der Waals surface area contributed by atoms with Crippen molar-refractivity contribution in [3.63, 3.8) is 0 Å². The van der Waals surface area contributed by atoms with E-state index >= 15 is 0 Å². The third kappa shape index (κ3) is 5.84. The van der Waals surface area contributed by atoms with Gasteiger partial charge in [0.05, 0.1) is 23.3 Å². The van der Waals surface area contributed by atoms with Gasteiger partial charge in [0, 0.05) is 24.7 Å². The molecule has 0 aromatic heterocycles. The van der Waals surface area contributed by atoms with Gasteiger partial charge in [-0.3, -0.25) is 9.69 Å². The lowest BCUT2D eigenvalue weighted by Crippen LogP contribution is -2.31. The molecule has 2 aliphatic rings. The number of carbonyl (C=O) groups is 1. The quantitative estimate of drug-likeness (QED) is 0.492. The second kappa shape index (κ2) is 11.4. The number of aliphatic hydroxyl groups is 1. The first-order chi connectivity index (χ1) is 17.2. The lowest BCUT2D eigenvalue weighted by molar-refractivity contribution is 0.0916. The molecule has 0 spiro atoms. The molecule has 1 saturated carbocycles. The largest absolute Gasteiger partial charge is 0.394 e. The van der Waals surface area contributed by atoms with E-state index in [-0.39, 0.29) is 23.2 Å². The molecular weight excluding hydrogens is 472 g/mol. The maximum absolute atomic E-state index is 13.1. The fraction of sp³-hybridized carbons (Fsp3) is 0.552. The SMILES string of the molecule is CC[C@H]1c2ccc(C(=O)N[C@@H](CO)c3ccc(S(=O)(=O)CC)cc3)cc2CN1CC1CCC(C)CC1. The Bertz CT molecular complexity index is 1150. The Morgan fingerprint density at radius 3 is 2.39 bits per heavy atom. The highest BCUT2D eigenvalue weighted by Gasteiger charge is 2.32. The standard InChI is InChI=1S/C29H40N2O4S/c1-4-28-26-15-12-23(16-24(26)18-31(28)17-21-8-6-20(3)7-9-21)29(33)30-27(19-32)22-10-13-25(14-11-22)36(34,35)5-2/h10-16,20-21,27-28,32H,4-9,17-19H2,1-3H3,(H,30,33)/t20?,21?,27-,28-/m0/s1. The zero-order chi connectivity index (χ0) is 25.9. The molecule has 1 amide bonds. The number of fused-ring (bicyclic) bond motifs is 1. The minimum Gasteiger partial charge on any atom is -0.394 e. The Labute approximate surface area is 216 Å². The van der Waals surface area contributed by atoms with Crippen LogP contribution in [0.25, 0.3) is 0 Å². The highest BCUT2D eigenvalue weighted by atomic mass is 32.2. The fourth-order valence-electron chi connectivity index (χ4n) is 5.80. The van der Waals surface area contributed by atoms with Crippen molar-refractivity contribution < 1.29 is 18.3 Å². The zero-order valence-corrected chi connectivity index (χ0v) is 22.6. The lowest BCUT2D eigenvalue weighted by Gasteiger charge is -2.32. The number of carbonyl (C=O) groups excluding carboxylic acids is 1. The van der Waals surface area contributed by atoms with Crippen molar-refractivity contribution in [2.45, 2.75) is 76.4 Å². The Balaban J connectivity index is 1.44. The van der Waals surface area contributed by atoms with E-state index < -0.39 is 15.9 Å². The van der Waals surface area contributed by atoms with Crippen molar-refractivity contribution in [3.05, 3.63) is 64.7 Å². The van der Waals surface area contributed by atoms with Gasteiger partial charge in [-0.15, -0.1) is 0 Å². The maximum Gasteiger partial charge on any atom is 0.251 e. The summed E-state index contributed by atoms with van der Waals surface area (Å²) in [7, 11) is -3.30. The molecule has 1 heterocycles. The smallest absolute Gasteiger partial charge is 0.251 e. The van der Waals surface area contributed by atoms with E-state index in [1.807, 2.05) is 12.1 Å². The molecule has 2 aromatic rings. The van der Waals surface area contributed by atoms with E-state index in [2.05, 4.69) is 30.1 Å². The number of rotatable bonds is 9. The molecule has 0 unspecified atom stereocenters. The van der Waals surface area contributed by atoms with E-state index in [0.29, 0.717) is 17.2 Å². The summed E-state index contributed by atoms with van der Waals surface area (Å²) in [4.78, 5) is 15.9. The average Bonchev–Trinajstić information content (AvgIpc) is 3.24. The number of hydrogen-bond donors (Lipinski definition) is 2. The summed E-state index contributed by atoms with van der Waals surface area (Å²) < 4.78 is 24.2. The summed E-state index contributed by atoms with van der Waals surface area (Å²) >= 11 is 0. The molecule has 0 radical (unpaired) electrons. The van der Waals surface area contributed by atoms with Crippen LogP contribution in [0.4, 0.5) is 0 Å². The minimum absolute atomic E-state index is 0.0288. The number of benzene rings is 2. The number of sulfone groups is 1. The van der Waals surface area contributed by atoms with Gasteiger partial charge < -0.3 is 10.4 Å². The third-order valence-electron chi connectivity index (χ3n) is 8.10. The molecule has 2 aromatic carbocycles. The molecule has 36 heavy (non-hydrogen) atoms. The molecule has 1 aliphatic heterocycles. The molecular formula is C29H40N2O4S. The summed E-state index contributed by atoms with van der Waals surface area (Å²) in [6.07, 6.45) is 6.33. The topological polar surface area (TPSA) is 86.7 Å². The highest BCUT2D eigenvalue weighted by Crippen LogP contribution is 2.39. The summed E-state index contributed by atoms with van der Waals surface area (Å²) in [5, 5.41) is 12.9. The van der Waals surface area contributed by atoms with E-state index in [1.54, 1.807) is 19.1 Å². The van der Waals surface area contributed by atoms with Crippen molar-refractivity contribution in [2.75, 3.05) is 18.9 Å². The number of aliphatic hydroxyl groups excluding tert-OH is 1. The Kier molecular flexibility index (Phi) is 8.53. The van der Waals surface area contributed by atoms with Gasteiger partial charge in [0.2, 0.25) is 0 Å². The van der Waals surface area contributed by atoms with Crippen LogP contribution >= 0.6 is 0 Å². The number of amides is 1. The average molecular weight is 513 g/mol. The molecule has 1 aliphatic carbocycles. The van der Waals surface area contributed by atoms with Crippen molar-refractivity contribution in [1.82, 2.24) is 10.2 Å². The first-order valence-electron chi connectivity index (χ1n) is 13.4. The van der Waals surface area contributed by atoms with Gasteiger partial charge >= 0.3 is 0 Å². The van der Waals surface area contributed by atoms with Gasteiger partial charge in [-0.25, -0.2) is 8.42 Å². The van der Waals surface area contributed by atoms with Crippen LogP contribution in [0.3, 0.4) is 0 Å². The molecule has 0 bridgehead atoms. The lowest BCUT2D eigenvalue weighted by atomic mass is 9.82. The molecule has 0 saturated heterocycles. The van der Waals surface area contributed by atoms with Crippen LogP contribution in [-0.2, 0) is 16.4 Å². The molecule has 2 N–H and O–H groups in total. The van der Waals surface area contributed by atoms with Crippen molar-refractivity contribution in [3.8, 4) is 0 Å². The van der Waals surface area contributed by atoms with Crippen LogP contribution in [0.5, 0.6) is 0 Å². The van der Waals surface area contributed by atoms with Crippen LogP contribution in [0.15, 0.2) is 47.4 Å². The van der Waals surface area contributed by atoms with E-state index in [9.17, 15) is 18.3 Å². The van der Waals surface area contributed by atoms with E-state index in [0.717, 1.165) is 31.3 Å². The number of nitrogens with one attached hydrogen (secondary N) is 1. The monoisotopic (exact) mass is 512 g/mol. The van der Waals surface area contributed by atoms with Gasteiger partial charge in [-0.05, 0) is 72.1 Å². The maximum atomic E-state index is 13.1. The first kappa shape index (κ1) is 26.8. The fourth-order valence-corrected chi connectivity index (χ4v) is 6.68. The normalized spacial score (nSPS) is 23.3. The molecule has 1 fully saturated rings. The van der Waals surface area contributed by atoms with Crippen molar-refractivity contribution >= 4 is 15.7 Å². The summed E-state index contributed by atoms with van der Waals surface area (Å²) in [5.74, 6) is 1.40. The van der Waals surface area contributed by atoms with Crippen molar-refractivity contribution in [2.24, 2.45) is 11.8 Å². The summed E-state index contributed by atoms with van der Waals surface area (Å²) in [6.45, 7) is 7.92. The Morgan fingerprint density at radius 2 is 1.78 bits per heavy atom. The third-order valence-corrected chi connectivity index (χ3v) is 9.85. The predicted octanol–water partition coefficient (Wildman–Crippen LogP) is 5.04. The molecule has 7 heteroatoms. The van der Waals surface area contributed by atoms with Gasteiger partial charge in [0.25, 0.3) is 5.91 Å². The van der Waals surface area contributed by atoms with Crippen LogP contribution < -0.4 is 5.32 Å². The van der Waals surface area contributed by atoms with Gasteiger partial charge in [-0.1, -0.05) is 51.8 Å². The summed E-state index contributed by atoms with van der Waals surface area (Å²) in [5.41, 5.74) is 3.79. The molecule has 2 atom stereocenters. The first-order valence-corrected chi connectivity index (χ1v) is 15.0. The second-order valence-electron chi connectivity index (χ2n) is 10.6.